The Kier molecular flexibility index (Phi) is 5.75. The lowest BCUT2D eigenvalue weighted by atomic mass is 9.95. The molecule has 3 N–H and O–H groups in total. The van der Waals surface area contributed by atoms with Crippen molar-refractivity contribution in [3.8, 4) is 5.75 Å². The number of carbonyl (C=O) groups excluding carboxylic acids is 2. The van der Waals surface area contributed by atoms with Crippen molar-refractivity contribution in [2.24, 2.45) is 5.14 Å². The van der Waals surface area contributed by atoms with Gasteiger partial charge in [-0.3, -0.25) is 14.5 Å². The summed E-state index contributed by atoms with van der Waals surface area (Å²) in [5, 5.41) is 16.2. The minimum absolute atomic E-state index is 0.0880. The van der Waals surface area contributed by atoms with Gasteiger partial charge in [-0.1, -0.05) is 42.5 Å². The molecule has 1 heterocycles. The summed E-state index contributed by atoms with van der Waals surface area (Å²) in [5.74, 6) is -1.53. The van der Waals surface area contributed by atoms with Gasteiger partial charge in [-0.05, 0) is 42.0 Å². The molecule has 1 aliphatic rings. The Morgan fingerprint density at radius 2 is 1.64 bits per heavy atom. The Morgan fingerprint density at radius 3 is 2.24 bits per heavy atom. The van der Waals surface area contributed by atoms with Gasteiger partial charge in [0.2, 0.25) is 10.0 Å². The van der Waals surface area contributed by atoms with Crippen LogP contribution in [0.3, 0.4) is 0 Å². The van der Waals surface area contributed by atoms with Gasteiger partial charge < -0.3 is 9.84 Å². The number of amides is 1. The van der Waals surface area contributed by atoms with Gasteiger partial charge in [0.05, 0.1) is 23.6 Å². The average molecular weight is 464 g/mol. The fourth-order valence-electron chi connectivity index (χ4n) is 3.77. The highest BCUT2D eigenvalue weighted by atomic mass is 32.2. The second kappa shape index (κ2) is 8.53. The molecule has 1 fully saturated rings. The van der Waals surface area contributed by atoms with E-state index in [9.17, 15) is 23.1 Å². The minimum atomic E-state index is -3.94. The molecule has 0 spiro atoms. The van der Waals surface area contributed by atoms with Crippen LogP contribution in [-0.2, 0) is 19.6 Å². The standard InChI is InChI=1S/C24H20N2O6S/c1-32-18-9-5-8-16(14-18)21-20(22(27)15-6-3-2-4-7-15)23(28)24(29)26(21)17-10-12-19(13-11-17)33(25,30)31/h2-14,21,27H,1H3,(H2,25,30,31)/b22-20+. The second-order valence-corrected chi connectivity index (χ2v) is 8.91. The number of ether oxygens (including phenoxy) is 1. The molecule has 1 aliphatic heterocycles. The van der Waals surface area contributed by atoms with Crippen molar-refractivity contribution in [2.75, 3.05) is 12.0 Å². The summed E-state index contributed by atoms with van der Waals surface area (Å²) >= 11 is 0. The molecule has 1 saturated heterocycles. The Hall–Kier alpha value is -3.95. The number of rotatable bonds is 5. The Bertz CT molecular complexity index is 1370. The second-order valence-electron chi connectivity index (χ2n) is 7.35. The van der Waals surface area contributed by atoms with Gasteiger partial charge in [0.25, 0.3) is 11.7 Å². The number of nitrogens with two attached hydrogens (primary N) is 1. The monoisotopic (exact) mass is 464 g/mol. The van der Waals surface area contributed by atoms with Crippen molar-refractivity contribution in [1.82, 2.24) is 0 Å². The number of hydrogen-bond donors (Lipinski definition) is 2. The SMILES string of the molecule is COc1cccc(C2/C(=C(\O)c3ccccc3)C(=O)C(=O)N2c2ccc(S(N)(=O)=O)cc2)c1. The molecule has 33 heavy (non-hydrogen) atoms. The molecule has 9 heteroatoms. The van der Waals surface area contributed by atoms with Gasteiger partial charge in [0.15, 0.2) is 0 Å². The molecular formula is C24H20N2O6S. The number of sulfonamides is 1. The van der Waals surface area contributed by atoms with E-state index < -0.39 is 27.8 Å². The normalized spacial score (nSPS) is 17.9. The number of ketones is 1. The molecule has 4 rings (SSSR count). The Labute approximate surface area is 190 Å². The summed E-state index contributed by atoms with van der Waals surface area (Å²) < 4.78 is 28.5. The van der Waals surface area contributed by atoms with E-state index in [0.29, 0.717) is 16.9 Å². The number of Topliss-reactive ketones (excluding diaryl/α,β-unsaturated/α-hetero) is 1. The largest absolute Gasteiger partial charge is 0.507 e. The number of carbonyl (C=O) groups is 2. The third-order valence-electron chi connectivity index (χ3n) is 5.34. The number of aliphatic hydroxyl groups is 1. The van der Waals surface area contributed by atoms with Crippen LogP contribution in [-0.4, -0.2) is 32.3 Å². The summed E-state index contributed by atoms with van der Waals surface area (Å²) in [5.41, 5.74) is 1.09. The molecule has 3 aromatic carbocycles. The van der Waals surface area contributed by atoms with Crippen LogP contribution in [0.25, 0.3) is 5.76 Å². The number of primary sulfonamides is 1. The van der Waals surface area contributed by atoms with Crippen molar-refractivity contribution in [1.29, 1.82) is 0 Å². The zero-order chi connectivity index (χ0) is 23.8. The lowest BCUT2D eigenvalue weighted by Gasteiger charge is -2.26. The molecule has 0 radical (unpaired) electrons. The predicted molar refractivity (Wildman–Crippen MR) is 122 cm³/mol. The molecule has 0 aromatic heterocycles. The molecule has 1 atom stereocenters. The fraction of sp³-hybridized carbons (Fsp3) is 0.0833. The zero-order valence-electron chi connectivity index (χ0n) is 17.5. The lowest BCUT2D eigenvalue weighted by molar-refractivity contribution is -0.132. The van der Waals surface area contributed by atoms with E-state index in [1.165, 1.54) is 36.3 Å². The average Bonchev–Trinajstić information content (AvgIpc) is 3.09. The third-order valence-corrected chi connectivity index (χ3v) is 6.27. The lowest BCUT2D eigenvalue weighted by Crippen LogP contribution is -2.29. The van der Waals surface area contributed by atoms with Crippen molar-refractivity contribution in [3.05, 3.63) is 95.6 Å². The Balaban J connectivity index is 1.93. The minimum Gasteiger partial charge on any atom is -0.507 e. The van der Waals surface area contributed by atoms with Crippen molar-refractivity contribution in [3.63, 3.8) is 0 Å². The number of aliphatic hydroxyl groups excluding tert-OH is 1. The van der Waals surface area contributed by atoms with Crippen molar-refractivity contribution in [2.45, 2.75) is 10.9 Å². The van der Waals surface area contributed by atoms with Gasteiger partial charge in [-0.25, -0.2) is 13.6 Å². The van der Waals surface area contributed by atoms with Crippen LogP contribution >= 0.6 is 0 Å². The van der Waals surface area contributed by atoms with Crippen LogP contribution < -0.4 is 14.8 Å². The first-order chi connectivity index (χ1) is 15.7. The van der Waals surface area contributed by atoms with E-state index >= 15 is 0 Å². The van der Waals surface area contributed by atoms with Crippen LogP contribution in [0.2, 0.25) is 0 Å². The quantitative estimate of drug-likeness (QED) is 0.340. The highest BCUT2D eigenvalue weighted by Crippen LogP contribution is 2.42. The number of anilines is 1. The zero-order valence-corrected chi connectivity index (χ0v) is 18.3. The number of benzene rings is 3. The van der Waals surface area contributed by atoms with Crippen LogP contribution in [0.4, 0.5) is 5.69 Å². The predicted octanol–water partition coefficient (Wildman–Crippen LogP) is 2.97. The maximum Gasteiger partial charge on any atom is 0.300 e. The van der Waals surface area contributed by atoms with Crippen molar-refractivity contribution < 1.29 is 27.9 Å². The van der Waals surface area contributed by atoms with E-state index in [-0.39, 0.29) is 21.9 Å². The topological polar surface area (TPSA) is 127 Å². The highest BCUT2D eigenvalue weighted by Gasteiger charge is 2.47. The molecule has 0 saturated carbocycles. The van der Waals surface area contributed by atoms with Crippen LogP contribution in [0.15, 0.2) is 89.3 Å². The summed E-state index contributed by atoms with van der Waals surface area (Å²) in [6.07, 6.45) is 0. The first-order valence-corrected chi connectivity index (χ1v) is 11.4. The van der Waals surface area contributed by atoms with Crippen molar-refractivity contribution >= 4 is 33.2 Å². The first-order valence-electron chi connectivity index (χ1n) is 9.85. The number of hydrogen-bond acceptors (Lipinski definition) is 6. The molecule has 0 aliphatic carbocycles. The molecule has 0 bridgehead atoms. The van der Waals surface area contributed by atoms with Gasteiger partial charge in [-0.15, -0.1) is 0 Å². The molecule has 168 valence electrons. The van der Waals surface area contributed by atoms with Crippen LogP contribution in [0, 0.1) is 0 Å². The number of methoxy groups -OCH3 is 1. The van der Waals surface area contributed by atoms with E-state index in [0.717, 1.165) is 0 Å². The highest BCUT2D eigenvalue weighted by molar-refractivity contribution is 7.89. The third kappa shape index (κ3) is 4.11. The fourth-order valence-corrected chi connectivity index (χ4v) is 4.29. The first kappa shape index (κ1) is 22.3. The summed E-state index contributed by atoms with van der Waals surface area (Å²) in [7, 11) is -2.45. The van der Waals surface area contributed by atoms with E-state index in [1.54, 1.807) is 54.6 Å². The summed E-state index contributed by atoms with van der Waals surface area (Å²) in [6, 6.07) is 19.6. The van der Waals surface area contributed by atoms with Gasteiger partial charge in [0, 0.05) is 11.3 Å². The number of nitrogens with zero attached hydrogens (tertiary/aromatic N) is 1. The van der Waals surface area contributed by atoms with Gasteiger partial charge >= 0.3 is 0 Å². The van der Waals surface area contributed by atoms with Gasteiger partial charge in [-0.2, -0.15) is 0 Å². The molecular weight excluding hydrogens is 444 g/mol. The van der Waals surface area contributed by atoms with E-state index in [1.807, 2.05) is 0 Å². The summed E-state index contributed by atoms with van der Waals surface area (Å²) in [4.78, 5) is 27.3. The van der Waals surface area contributed by atoms with Crippen LogP contribution in [0.5, 0.6) is 5.75 Å². The Morgan fingerprint density at radius 1 is 0.970 bits per heavy atom. The smallest absolute Gasteiger partial charge is 0.300 e. The van der Waals surface area contributed by atoms with Gasteiger partial charge in [0.1, 0.15) is 11.5 Å². The molecule has 3 aromatic rings. The molecule has 8 nitrogen and oxygen atoms in total. The maximum atomic E-state index is 13.1. The molecule has 1 amide bonds. The summed E-state index contributed by atoms with van der Waals surface area (Å²) in [6.45, 7) is 0. The maximum absolute atomic E-state index is 13.1. The molecule has 1 unspecified atom stereocenters. The van der Waals surface area contributed by atoms with E-state index in [2.05, 4.69) is 0 Å². The van der Waals surface area contributed by atoms with Crippen LogP contribution in [0.1, 0.15) is 17.2 Å². The van der Waals surface area contributed by atoms with E-state index in [4.69, 9.17) is 9.88 Å².